The maximum Gasteiger partial charge on any atom is 0.323 e. The fraction of sp³-hybridized carbons (Fsp3) is 0.182. The molecule has 7 nitrogen and oxygen atoms in total. The van der Waals surface area contributed by atoms with Crippen molar-refractivity contribution in [3.8, 4) is 6.01 Å². The molecule has 0 radical (unpaired) electrons. The lowest BCUT2D eigenvalue weighted by atomic mass is 10.3. The number of nitrogens with one attached hydrogen (secondary N) is 2. The van der Waals surface area contributed by atoms with Crippen molar-refractivity contribution in [2.45, 2.75) is 6.92 Å². The van der Waals surface area contributed by atoms with E-state index in [4.69, 9.17) is 22.2 Å². The van der Waals surface area contributed by atoms with Crippen LogP contribution >= 0.6 is 11.6 Å². The number of nitrogen functional groups attached to an aromatic ring is 1. The minimum atomic E-state index is -0.435. The summed E-state index contributed by atoms with van der Waals surface area (Å²) in [5.74, 6) is 5.13. The van der Waals surface area contributed by atoms with Gasteiger partial charge in [0, 0.05) is 0 Å². The van der Waals surface area contributed by atoms with Crippen LogP contribution in [0.15, 0.2) is 18.2 Å². The Labute approximate surface area is 119 Å². The van der Waals surface area contributed by atoms with E-state index in [1.165, 1.54) is 18.2 Å². The largest absolute Gasteiger partial charge is 0.464 e. The van der Waals surface area contributed by atoms with Gasteiger partial charge < -0.3 is 10.1 Å². The molecule has 2 aromatic rings. The molecular weight excluding hydrogens is 287 g/mol. The number of halogens is 2. The van der Waals surface area contributed by atoms with Gasteiger partial charge in [-0.3, -0.25) is 5.43 Å². The Kier molecular flexibility index (Phi) is 4.49. The molecule has 0 fully saturated rings. The molecule has 1 aromatic heterocycles. The molecule has 0 bridgehead atoms. The molecule has 0 unspecified atom stereocenters. The first-order valence-corrected chi connectivity index (χ1v) is 6.07. The predicted molar refractivity (Wildman–Crippen MR) is 73.5 cm³/mol. The van der Waals surface area contributed by atoms with Gasteiger partial charge in [0.05, 0.1) is 17.3 Å². The van der Waals surface area contributed by atoms with E-state index in [0.29, 0.717) is 12.3 Å². The van der Waals surface area contributed by atoms with Gasteiger partial charge in [0.15, 0.2) is 0 Å². The summed E-state index contributed by atoms with van der Waals surface area (Å²) in [6, 6.07) is 4.02. The summed E-state index contributed by atoms with van der Waals surface area (Å²) in [5.41, 5.74) is 2.75. The molecule has 9 heteroatoms. The van der Waals surface area contributed by atoms with Crippen LogP contribution in [0.25, 0.3) is 0 Å². The number of anilines is 3. The molecule has 4 N–H and O–H groups in total. The van der Waals surface area contributed by atoms with Crippen LogP contribution in [0, 0.1) is 5.82 Å². The van der Waals surface area contributed by atoms with Gasteiger partial charge in [0.25, 0.3) is 0 Å². The summed E-state index contributed by atoms with van der Waals surface area (Å²) in [7, 11) is 0. The Bertz CT molecular complexity index is 611. The number of nitrogens with two attached hydrogens (primary N) is 1. The zero-order chi connectivity index (χ0) is 14.5. The third-order valence-electron chi connectivity index (χ3n) is 2.20. The first-order valence-electron chi connectivity index (χ1n) is 5.70. The fourth-order valence-corrected chi connectivity index (χ4v) is 1.60. The average Bonchev–Trinajstić information content (AvgIpc) is 2.42. The van der Waals surface area contributed by atoms with Crippen LogP contribution in [-0.2, 0) is 0 Å². The van der Waals surface area contributed by atoms with Crippen molar-refractivity contribution >= 4 is 29.2 Å². The van der Waals surface area contributed by atoms with E-state index < -0.39 is 5.82 Å². The van der Waals surface area contributed by atoms with Crippen molar-refractivity contribution in [2.24, 2.45) is 5.84 Å². The normalized spacial score (nSPS) is 10.2. The van der Waals surface area contributed by atoms with Crippen molar-refractivity contribution in [3.63, 3.8) is 0 Å². The molecule has 0 atom stereocenters. The lowest BCUT2D eigenvalue weighted by molar-refractivity contribution is 0.312. The quantitative estimate of drug-likeness (QED) is 0.574. The Morgan fingerprint density at radius 1 is 1.30 bits per heavy atom. The van der Waals surface area contributed by atoms with E-state index >= 15 is 0 Å². The number of hydrogen-bond donors (Lipinski definition) is 3. The minimum Gasteiger partial charge on any atom is -0.464 e. The van der Waals surface area contributed by atoms with Crippen molar-refractivity contribution in [1.82, 2.24) is 15.0 Å². The molecule has 0 aliphatic rings. The molecule has 0 saturated heterocycles. The van der Waals surface area contributed by atoms with Crippen molar-refractivity contribution < 1.29 is 9.13 Å². The molecule has 1 heterocycles. The monoisotopic (exact) mass is 298 g/mol. The second-order valence-corrected chi connectivity index (χ2v) is 4.00. The topological polar surface area (TPSA) is 98.0 Å². The van der Waals surface area contributed by atoms with Crippen molar-refractivity contribution in [2.75, 3.05) is 17.3 Å². The molecule has 0 saturated carbocycles. The van der Waals surface area contributed by atoms with Crippen molar-refractivity contribution in [1.29, 1.82) is 0 Å². The average molecular weight is 299 g/mol. The van der Waals surface area contributed by atoms with Crippen LogP contribution in [0.4, 0.5) is 22.0 Å². The van der Waals surface area contributed by atoms with E-state index in [1.54, 1.807) is 6.92 Å². The first-order chi connectivity index (χ1) is 9.62. The van der Waals surface area contributed by atoms with Gasteiger partial charge in [0.2, 0.25) is 11.9 Å². The van der Waals surface area contributed by atoms with Gasteiger partial charge in [-0.25, -0.2) is 10.2 Å². The highest BCUT2D eigenvalue weighted by atomic mass is 35.5. The molecule has 0 amide bonds. The van der Waals surface area contributed by atoms with Crippen molar-refractivity contribution in [3.05, 3.63) is 29.0 Å². The minimum absolute atomic E-state index is 0.108. The van der Waals surface area contributed by atoms with E-state index in [2.05, 4.69) is 25.7 Å². The zero-order valence-corrected chi connectivity index (χ0v) is 11.3. The van der Waals surface area contributed by atoms with Crippen LogP contribution in [0.5, 0.6) is 6.01 Å². The fourth-order valence-electron chi connectivity index (χ4n) is 1.38. The molecule has 20 heavy (non-hydrogen) atoms. The van der Waals surface area contributed by atoms with Crippen LogP contribution in [0.2, 0.25) is 5.02 Å². The number of ether oxygens (including phenoxy) is 1. The number of nitrogens with zero attached hydrogens (tertiary/aromatic N) is 3. The van der Waals surface area contributed by atoms with Crippen LogP contribution in [0.3, 0.4) is 0 Å². The van der Waals surface area contributed by atoms with Gasteiger partial charge >= 0.3 is 6.01 Å². The maximum atomic E-state index is 13.0. The summed E-state index contributed by atoms with van der Waals surface area (Å²) in [6.45, 7) is 2.19. The van der Waals surface area contributed by atoms with Crippen LogP contribution in [-0.4, -0.2) is 21.6 Å². The number of aromatic nitrogens is 3. The van der Waals surface area contributed by atoms with E-state index in [0.717, 1.165) is 0 Å². The molecule has 0 spiro atoms. The van der Waals surface area contributed by atoms with Gasteiger partial charge in [-0.05, 0) is 25.1 Å². The van der Waals surface area contributed by atoms with Crippen LogP contribution < -0.4 is 21.3 Å². The van der Waals surface area contributed by atoms with Gasteiger partial charge in [-0.15, -0.1) is 0 Å². The Balaban J connectivity index is 2.29. The first kappa shape index (κ1) is 14.2. The summed E-state index contributed by atoms with van der Waals surface area (Å²) in [6.07, 6.45) is 0. The molecular formula is C11H12ClFN6O. The summed E-state index contributed by atoms with van der Waals surface area (Å²) >= 11 is 5.91. The second kappa shape index (κ2) is 6.31. The smallest absolute Gasteiger partial charge is 0.323 e. The second-order valence-electron chi connectivity index (χ2n) is 3.59. The molecule has 2 rings (SSSR count). The Morgan fingerprint density at radius 3 is 2.70 bits per heavy atom. The van der Waals surface area contributed by atoms with Gasteiger partial charge in [0.1, 0.15) is 5.82 Å². The molecule has 1 aromatic carbocycles. The SMILES string of the molecule is CCOc1nc(NN)nc(Nc2ccc(F)cc2Cl)n1. The van der Waals surface area contributed by atoms with E-state index in [1.807, 2.05) is 0 Å². The third kappa shape index (κ3) is 3.43. The number of benzene rings is 1. The summed E-state index contributed by atoms with van der Waals surface area (Å²) in [5, 5.41) is 3.04. The Morgan fingerprint density at radius 2 is 2.05 bits per heavy atom. The number of hydrogen-bond acceptors (Lipinski definition) is 7. The van der Waals surface area contributed by atoms with Crippen LogP contribution in [0.1, 0.15) is 6.92 Å². The summed E-state index contributed by atoms with van der Waals surface area (Å²) < 4.78 is 18.2. The predicted octanol–water partition coefficient (Wildman–Crippen LogP) is 2.09. The highest BCUT2D eigenvalue weighted by Gasteiger charge is 2.09. The summed E-state index contributed by atoms with van der Waals surface area (Å²) in [4.78, 5) is 11.9. The molecule has 0 aliphatic heterocycles. The van der Waals surface area contributed by atoms with E-state index in [-0.39, 0.29) is 22.9 Å². The maximum absolute atomic E-state index is 13.0. The Hall–Kier alpha value is -2.19. The highest BCUT2D eigenvalue weighted by molar-refractivity contribution is 6.33. The number of rotatable bonds is 5. The molecule has 0 aliphatic carbocycles. The lowest BCUT2D eigenvalue weighted by Crippen LogP contribution is -2.13. The molecule has 106 valence electrons. The lowest BCUT2D eigenvalue weighted by Gasteiger charge is -2.09. The van der Waals surface area contributed by atoms with Gasteiger partial charge in [-0.2, -0.15) is 15.0 Å². The third-order valence-corrected chi connectivity index (χ3v) is 2.51. The van der Waals surface area contributed by atoms with E-state index in [9.17, 15) is 4.39 Å². The standard InChI is InChI=1S/C11H12ClFN6O/c1-2-20-11-17-9(16-10(18-11)19-14)15-8-4-3-6(13)5-7(8)12/h3-5H,2,14H2,1H3,(H2,15,16,17,18,19). The highest BCUT2D eigenvalue weighted by Crippen LogP contribution is 2.25. The van der Waals surface area contributed by atoms with Gasteiger partial charge in [-0.1, -0.05) is 11.6 Å². The zero-order valence-electron chi connectivity index (χ0n) is 10.5. The number of hydrazine groups is 1.